The number of hydrogen-bond acceptors (Lipinski definition) is 6. The fourth-order valence-electron chi connectivity index (χ4n) is 3.03. The van der Waals surface area contributed by atoms with Crippen LogP contribution < -0.4 is 0 Å². The summed E-state index contributed by atoms with van der Waals surface area (Å²) >= 11 is 1.42. The summed E-state index contributed by atoms with van der Waals surface area (Å²) in [5.74, 6) is -0.749. The minimum Gasteiger partial charge on any atom is -0.455 e. The van der Waals surface area contributed by atoms with Gasteiger partial charge < -0.3 is 19.3 Å². The van der Waals surface area contributed by atoms with Crippen LogP contribution in [0.25, 0.3) is 0 Å². The molecule has 2 saturated heterocycles. The molecule has 0 radical (unpaired) electrons. The van der Waals surface area contributed by atoms with Gasteiger partial charge in [-0.2, -0.15) is 0 Å². The van der Waals surface area contributed by atoms with E-state index in [4.69, 9.17) is 9.47 Å². The molecule has 136 valence electrons. The molecule has 3 heterocycles. The fourth-order valence-corrected chi connectivity index (χ4v) is 3.72. The van der Waals surface area contributed by atoms with Crippen molar-refractivity contribution in [1.82, 2.24) is 9.80 Å². The first-order chi connectivity index (χ1) is 12.1. The molecule has 2 aliphatic rings. The Morgan fingerprint density at radius 3 is 2.48 bits per heavy atom. The molecule has 2 amide bonds. The summed E-state index contributed by atoms with van der Waals surface area (Å²) in [6, 6.07) is 3.66. The zero-order chi connectivity index (χ0) is 17.6. The van der Waals surface area contributed by atoms with Gasteiger partial charge in [-0.05, 0) is 24.3 Å². The normalized spacial score (nSPS) is 18.9. The number of amides is 2. The second-order valence-electron chi connectivity index (χ2n) is 6.14. The summed E-state index contributed by atoms with van der Waals surface area (Å²) < 4.78 is 10.4. The highest BCUT2D eigenvalue weighted by Gasteiger charge is 2.30. The number of nitrogens with zero attached hydrogens (tertiary/aromatic N) is 2. The Bertz CT molecular complexity index is 605. The lowest BCUT2D eigenvalue weighted by molar-refractivity contribution is -0.157. The Hall–Kier alpha value is -1.93. The molecule has 0 aromatic carbocycles. The molecule has 1 aromatic rings. The Morgan fingerprint density at radius 2 is 1.84 bits per heavy atom. The molecular weight excluding hydrogens is 344 g/mol. The third-order valence-electron chi connectivity index (χ3n) is 4.55. The van der Waals surface area contributed by atoms with E-state index in [1.54, 1.807) is 9.80 Å². The number of hydrogen-bond donors (Lipinski definition) is 0. The topological polar surface area (TPSA) is 76.2 Å². The molecule has 8 heteroatoms. The molecule has 0 bridgehead atoms. The van der Waals surface area contributed by atoms with Crippen molar-refractivity contribution in [3.8, 4) is 0 Å². The number of thiophene rings is 1. The molecular formula is C17H22N2O5S. The van der Waals surface area contributed by atoms with Gasteiger partial charge in [0.25, 0.3) is 11.8 Å². The third kappa shape index (κ3) is 4.58. The van der Waals surface area contributed by atoms with Gasteiger partial charge in [0.2, 0.25) is 0 Å². The summed E-state index contributed by atoms with van der Waals surface area (Å²) in [7, 11) is 0. The van der Waals surface area contributed by atoms with Gasteiger partial charge in [0.05, 0.1) is 24.0 Å². The van der Waals surface area contributed by atoms with Crippen LogP contribution in [0.5, 0.6) is 0 Å². The number of esters is 1. The van der Waals surface area contributed by atoms with E-state index in [1.807, 2.05) is 17.5 Å². The molecule has 0 aliphatic carbocycles. The van der Waals surface area contributed by atoms with E-state index in [1.165, 1.54) is 11.3 Å². The molecule has 0 N–H and O–H groups in total. The summed E-state index contributed by atoms with van der Waals surface area (Å²) in [6.45, 7) is 2.99. The smallest absolute Gasteiger partial charge is 0.309 e. The van der Waals surface area contributed by atoms with Gasteiger partial charge in [-0.1, -0.05) is 6.07 Å². The number of ether oxygens (including phenoxy) is 2. The van der Waals surface area contributed by atoms with Crippen LogP contribution in [0.1, 0.15) is 22.5 Å². The van der Waals surface area contributed by atoms with Crippen molar-refractivity contribution in [2.75, 3.05) is 46.0 Å². The quantitative estimate of drug-likeness (QED) is 0.743. The molecule has 25 heavy (non-hydrogen) atoms. The van der Waals surface area contributed by atoms with Gasteiger partial charge in [-0.15, -0.1) is 11.3 Å². The number of likely N-dealkylation sites (tertiary alicyclic amines) is 1. The lowest BCUT2D eigenvalue weighted by atomic mass is 9.97. The lowest BCUT2D eigenvalue weighted by Crippen LogP contribution is -2.44. The van der Waals surface area contributed by atoms with Crippen LogP contribution in [0.15, 0.2) is 17.5 Å². The van der Waals surface area contributed by atoms with Crippen molar-refractivity contribution >= 4 is 29.1 Å². The highest BCUT2D eigenvalue weighted by molar-refractivity contribution is 7.12. The maximum atomic E-state index is 12.3. The zero-order valence-corrected chi connectivity index (χ0v) is 14.8. The Kier molecular flexibility index (Phi) is 6.04. The monoisotopic (exact) mass is 366 g/mol. The Balaban J connectivity index is 1.40. The second-order valence-corrected chi connectivity index (χ2v) is 7.09. The molecule has 0 atom stereocenters. The van der Waals surface area contributed by atoms with E-state index in [0.29, 0.717) is 52.2 Å². The fraction of sp³-hybridized carbons (Fsp3) is 0.588. The summed E-state index contributed by atoms with van der Waals surface area (Å²) in [5.41, 5.74) is 0. The van der Waals surface area contributed by atoms with E-state index < -0.39 is 0 Å². The zero-order valence-electron chi connectivity index (χ0n) is 14.0. The van der Waals surface area contributed by atoms with Gasteiger partial charge in [0.15, 0.2) is 6.61 Å². The van der Waals surface area contributed by atoms with Crippen molar-refractivity contribution < 1.29 is 23.9 Å². The van der Waals surface area contributed by atoms with Crippen molar-refractivity contribution in [3.05, 3.63) is 22.4 Å². The van der Waals surface area contributed by atoms with Gasteiger partial charge >= 0.3 is 5.97 Å². The highest BCUT2D eigenvalue weighted by Crippen LogP contribution is 2.21. The minimum absolute atomic E-state index is 0.0179. The van der Waals surface area contributed by atoms with Crippen LogP contribution in [0.3, 0.4) is 0 Å². The van der Waals surface area contributed by atoms with E-state index >= 15 is 0 Å². The maximum Gasteiger partial charge on any atom is 0.309 e. The van der Waals surface area contributed by atoms with Crippen molar-refractivity contribution in [1.29, 1.82) is 0 Å². The van der Waals surface area contributed by atoms with Crippen LogP contribution >= 0.6 is 11.3 Å². The second kappa shape index (κ2) is 8.44. The van der Waals surface area contributed by atoms with E-state index in [9.17, 15) is 14.4 Å². The largest absolute Gasteiger partial charge is 0.455 e. The molecule has 1 aromatic heterocycles. The Labute approximate surface area is 150 Å². The van der Waals surface area contributed by atoms with Crippen LogP contribution in [0.4, 0.5) is 0 Å². The first kappa shape index (κ1) is 17.9. The van der Waals surface area contributed by atoms with Crippen molar-refractivity contribution in [2.24, 2.45) is 5.92 Å². The highest BCUT2D eigenvalue weighted by atomic mass is 32.1. The number of rotatable bonds is 4. The van der Waals surface area contributed by atoms with Gasteiger partial charge in [-0.25, -0.2) is 0 Å². The van der Waals surface area contributed by atoms with Gasteiger partial charge in [0, 0.05) is 26.2 Å². The van der Waals surface area contributed by atoms with Crippen LogP contribution in [-0.2, 0) is 19.1 Å². The minimum atomic E-state index is -0.343. The van der Waals surface area contributed by atoms with E-state index in [-0.39, 0.29) is 30.3 Å². The first-order valence-electron chi connectivity index (χ1n) is 8.50. The summed E-state index contributed by atoms with van der Waals surface area (Å²) in [6.07, 6.45) is 1.14. The van der Waals surface area contributed by atoms with Crippen molar-refractivity contribution in [2.45, 2.75) is 12.8 Å². The maximum absolute atomic E-state index is 12.3. The first-order valence-corrected chi connectivity index (χ1v) is 9.38. The number of piperidine rings is 1. The lowest BCUT2D eigenvalue weighted by Gasteiger charge is -2.31. The molecule has 3 rings (SSSR count). The van der Waals surface area contributed by atoms with Gasteiger partial charge in [-0.3, -0.25) is 14.4 Å². The van der Waals surface area contributed by atoms with Crippen LogP contribution in [0.2, 0.25) is 0 Å². The van der Waals surface area contributed by atoms with Crippen molar-refractivity contribution in [3.63, 3.8) is 0 Å². The molecule has 0 unspecified atom stereocenters. The molecule has 0 spiro atoms. The number of carbonyl (C=O) groups excluding carboxylic acids is 3. The summed E-state index contributed by atoms with van der Waals surface area (Å²) in [5, 5.41) is 1.88. The molecule has 2 fully saturated rings. The number of morpholine rings is 1. The Morgan fingerprint density at radius 1 is 1.12 bits per heavy atom. The van der Waals surface area contributed by atoms with E-state index in [2.05, 4.69) is 0 Å². The average molecular weight is 366 g/mol. The SMILES string of the molecule is O=C(OCC(=O)N1CCOCC1)C1CCN(C(=O)c2cccs2)CC1. The predicted molar refractivity (Wildman–Crippen MR) is 91.3 cm³/mol. The predicted octanol–water partition coefficient (Wildman–Crippen LogP) is 1.00. The average Bonchev–Trinajstić information content (AvgIpc) is 3.21. The third-order valence-corrected chi connectivity index (χ3v) is 5.41. The molecule has 2 aliphatic heterocycles. The molecule has 0 saturated carbocycles. The van der Waals surface area contributed by atoms with Gasteiger partial charge in [0.1, 0.15) is 0 Å². The standard InChI is InChI=1S/C17H22N2O5S/c20-15(18-7-9-23-10-8-18)12-24-17(22)13-3-5-19(6-4-13)16(21)14-2-1-11-25-14/h1-2,11,13H,3-10,12H2. The van der Waals surface area contributed by atoms with Crippen LogP contribution in [-0.4, -0.2) is 73.6 Å². The summed E-state index contributed by atoms with van der Waals surface area (Å²) in [4.78, 5) is 40.6. The van der Waals surface area contributed by atoms with Crippen LogP contribution in [0, 0.1) is 5.92 Å². The number of carbonyl (C=O) groups is 3. The molecule has 7 nitrogen and oxygen atoms in total. The van der Waals surface area contributed by atoms with E-state index in [0.717, 1.165) is 4.88 Å².